The van der Waals surface area contributed by atoms with Gasteiger partial charge >= 0.3 is 0 Å². The Morgan fingerprint density at radius 3 is 3.16 bits per heavy atom. The molecule has 0 saturated carbocycles. The first-order valence-electron chi connectivity index (χ1n) is 6.84. The molecule has 3 unspecified atom stereocenters. The molecular weight excluding hydrogens is 246 g/mol. The van der Waals surface area contributed by atoms with Crippen molar-refractivity contribution in [2.45, 2.75) is 44.8 Å². The predicted octanol–water partition coefficient (Wildman–Crippen LogP) is 1.30. The lowest BCUT2D eigenvalue weighted by molar-refractivity contribution is -0.118. The number of aromatic nitrogens is 2. The topological polar surface area (TPSA) is 68.5 Å². The van der Waals surface area contributed by atoms with Crippen LogP contribution >= 0.6 is 0 Å². The number of ether oxygens (including phenoxy) is 1. The lowest BCUT2D eigenvalue weighted by Crippen LogP contribution is -2.42. The van der Waals surface area contributed by atoms with E-state index in [-0.39, 0.29) is 17.8 Å². The van der Waals surface area contributed by atoms with Gasteiger partial charge in [0, 0.05) is 12.6 Å². The van der Waals surface area contributed by atoms with E-state index in [1.807, 2.05) is 0 Å². The summed E-state index contributed by atoms with van der Waals surface area (Å²) < 4.78 is 11.0. The van der Waals surface area contributed by atoms with Gasteiger partial charge in [-0.05, 0) is 33.2 Å². The van der Waals surface area contributed by atoms with Gasteiger partial charge in [-0.25, -0.2) is 0 Å². The van der Waals surface area contributed by atoms with E-state index in [0.29, 0.717) is 17.8 Å². The Kier molecular flexibility index (Phi) is 3.36. The van der Waals surface area contributed by atoms with E-state index >= 15 is 0 Å². The van der Waals surface area contributed by atoms with Gasteiger partial charge in [-0.1, -0.05) is 5.16 Å². The second-order valence-electron chi connectivity index (χ2n) is 5.44. The molecule has 2 fully saturated rings. The van der Waals surface area contributed by atoms with E-state index in [1.54, 1.807) is 6.92 Å². The Bertz CT molecular complexity index is 473. The van der Waals surface area contributed by atoms with Gasteiger partial charge in [0.05, 0.1) is 12.5 Å². The molecular formula is C13H19N3O3. The number of Topliss-reactive ketones (excluding diaryl/α,β-unsaturated/α-hetero) is 1. The molecule has 0 bridgehead atoms. The maximum Gasteiger partial charge on any atom is 0.237 e. The summed E-state index contributed by atoms with van der Waals surface area (Å²) in [7, 11) is 0. The van der Waals surface area contributed by atoms with Gasteiger partial charge in [-0.2, -0.15) is 4.98 Å². The van der Waals surface area contributed by atoms with Crippen LogP contribution in [0, 0.1) is 0 Å². The summed E-state index contributed by atoms with van der Waals surface area (Å²) in [6.07, 6.45) is 2.32. The first kappa shape index (κ1) is 12.7. The normalized spacial score (nSPS) is 29.2. The van der Waals surface area contributed by atoms with Crippen LogP contribution in [0.1, 0.15) is 50.4 Å². The van der Waals surface area contributed by atoms with Crippen LogP contribution in [0.2, 0.25) is 0 Å². The Balaban J connectivity index is 1.71. The molecule has 3 atom stereocenters. The number of carbonyl (C=O) groups is 1. The summed E-state index contributed by atoms with van der Waals surface area (Å²) in [5, 5.41) is 3.97. The minimum absolute atomic E-state index is 0.0272. The fourth-order valence-corrected chi connectivity index (χ4v) is 2.70. The molecule has 104 valence electrons. The molecule has 0 amide bonds. The summed E-state index contributed by atoms with van der Waals surface area (Å²) >= 11 is 0. The molecule has 0 aromatic carbocycles. The van der Waals surface area contributed by atoms with Crippen LogP contribution in [0.5, 0.6) is 0 Å². The molecule has 6 nitrogen and oxygen atoms in total. The zero-order valence-corrected chi connectivity index (χ0v) is 11.3. The van der Waals surface area contributed by atoms with Crippen molar-refractivity contribution in [2.24, 2.45) is 0 Å². The lowest BCUT2D eigenvalue weighted by atomic mass is 10.1. The smallest absolute Gasteiger partial charge is 0.237 e. The molecule has 19 heavy (non-hydrogen) atoms. The van der Waals surface area contributed by atoms with Crippen LogP contribution in [0.25, 0.3) is 0 Å². The molecule has 0 aliphatic carbocycles. The average Bonchev–Trinajstić information content (AvgIpc) is 3.05. The minimum atomic E-state index is -0.343. The Morgan fingerprint density at radius 1 is 1.53 bits per heavy atom. The fraction of sp³-hybridized carbons (Fsp3) is 0.769. The van der Waals surface area contributed by atoms with Crippen LogP contribution in [0.15, 0.2) is 4.52 Å². The van der Waals surface area contributed by atoms with E-state index < -0.39 is 0 Å². The monoisotopic (exact) mass is 265 g/mol. The number of hydrogen-bond donors (Lipinski definition) is 0. The summed E-state index contributed by atoms with van der Waals surface area (Å²) in [5.74, 6) is 0.631. The molecule has 1 aromatic heterocycles. The van der Waals surface area contributed by atoms with Crippen LogP contribution in [-0.2, 0) is 9.53 Å². The molecule has 6 heteroatoms. The molecule has 3 rings (SSSR count). The Labute approximate surface area is 112 Å². The third-order valence-electron chi connectivity index (χ3n) is 4.11. The van der Waals surface area contributed by atoms with Crippen LogP contribution in [-0.4, -0.2) is 46.6 Å². The summed E-state index contributed by atoms with van der Waals surface area (Å²) in [4.78, 5) is 18.1. The van der Waals surface area contributed by atoms with Gasteiger partial charge in [0.25, 0.3) is 0 Å². The number of ketones is 1. The average molecular weight is 265 g/mol. The highest BCUT2D eigenvalue weighted by molar-refractivity contribution is 5.81. The predicted molar refractivity (Wildman–Crippen MR) is 66.7 cm³/mol. The number of carbonyl (C=O) groups excluding carboxylic acids is 1. The zero-order valence-electron chi connectivity index (χ0n) is 11.3. The van der Waals surface area contributed by atoms with E-state index in [4.69, 9.17) is 9.26 Å². The first-order chi connectivity index (χ1) is 9.15. The van der Waals surface area contributed by atoms with Crippen molar-refractivity contribution < 1.29 is 14.1 Å². The van der Waals surface area contributed by atoms with Crippen molar-refractivity contribution in [2.75, 3.05) is 19.7 Å². The summed E-state index contributed by atoms with van der Waals surface area (Å²) in [6.45, 7) is 5.98. The number of fused-ring (bicyclic) bond motifs is 1. The van der Waals surface area contributed by atoms with Gasteiger partial charge < -0.3 is 9.26 Å². The van der Waals surface area contributed by atoms with Crippen LogP contribution in [0.4, 0.5) is 0 Å². The van der Waals surface area contributed by atoms with Crippen molar-refractivity contribution in [3.8, 4) is 0 Å². The van der Waals surface area contributed by atoms with Gasteiger partial charge in [0.2, 0.25) is 11.7 Å². The Morgan fingerprint density at radius 2 is 2.37 bits per heavy atom. The number of rotatable bonds is 3. The van der Waals surface area contributed by atoms with Gasteiger partial charge in [0.15, 0.2) is 0 Å². The maximum atomic E-state index is 11.3. The number of hydrogen-bond acceptors (Lipinski definition) is 6. The van der Waals surface area contributed by atoms with E-state index in [1.165, 1.54) is 19.8 Å². The molecule has 3 heterocycles. The molecule has 0 spiro atoms. The van der Waals surface area contributed by atoms with Crippen LogP contribution < -0.4 is 0 Å². The van der Waals surface area contributed by atoms with Crippen molar-refractivity contribution in [1.82, 2.24) is 15.0 Å². The van der Waals surface area contributed by atoms with Crippen molar-refractivity contribution in [3.63, 3.8) is 0 Å². The minimum Gasteiger partial charge on any atom is -0.367 e. The van der Waals surface area contributed by atoms with Crippen molar-refractivity contribution in [1.29, 1.82) is 0 Å². The number of morpholine rings is 1. The van der Waals surface area contributed by atoms with Gasteiger partial charge in [-0.3, -0.25) is 9.69 Å². The number of nitrogens with zero attached hydrogens (tertiary/aromatic N) is 3. The highest BCUT2D eigenvalue weighted by atomic mass is 16.5. The summed E-state index contributed by atoms with van der Waals surface area (Å²) in [5.41, 5.74) is 0. The SMILES string of the molecule is CC(=O)C(C)c1nc(C2CN3CCCC3CO2)no1. The third kappa shape index (κ3) is 2.42. The highest BCUT2D eigenvalue weighted by Crippen LogP contribution is 2.29. The van der Waals surface area contributed by atoms with Gasteiger partial charge in [0.1, 0.15) is 11.9 Å². The largest absolute Gasteiger partial charge is 0.367 e. The lowest BCUT2D eigenvalue weighted by Gasteiger charge is -2.33. The molecule has 2 saturated heterocycles. The van der Waals surface area contributed by atoms with E-state index in [0.717, 1.165) is 19.7 Å². The van der Waals surface area contributed by atoms with Crippen molar-refractivity contribution in [3.05, 3.63) is 11.7 Å². The maximum absolute atomic E-state index is 11.3. The molecule has 2 aliphatic heterocycles. The van der Waals surface area contributed by atoms with E-state index in [9.17, 15) is 4.79 Å². The molecule has 1 aromatic rings. The summed E-state index contributed by atoms with van der Waals surface area (Å²) in [6, 6.07) is 0.554. The molecule has 0 N–H and O–H groups in total. The standard InChI is InChI=1S/C13H19N3O3/c1-8(9(2)17)13-14-12(15-19-13)11-6-16-5-3-4-10(16)7-18-11/h8,10-11H,3-7H2,1-2H3. The molecule has 0 radical (unpaired) electrons. The fourth-order valence-electron chi connectivity index (χ4n) is 2.70. The second-order valence-corrected chi connectivity index (χ2v) is 5.44. The Hall–Kier alpha value is -1.27. The van der Waals surface area contributed by atoms with Crippen LogP contribution in [0.3, 0.4) is 0 Å². The van der Waals surface area contributed by atoms with Crippen molar-refractivity contribution >= 4 is 5.78 Å². The quantitative estimate of drug-likeness (QED) is 0.820. The highest BCUT2D eigenvalue weighted by Gasteiger charge is 2.35. The zero-order chi connectivity index (χ0) is 13.4. The second kappa shape index (κ2) is 5.02. The van der Waals surface area contributed by atoms with Gasteiger partial charge in [-0.15, -0.1) is 0 Å². The first-order valence-corrected chi connectivity index (χ1v) is 6.84. The van der Waals surface area contributed by atoms with E-state index in [2.05, 4.69) is 15.0 Å². The molecule has 2 aliphatic rings. The third-order valence-corrected chi connectivity index (χ3v) is 4.11.